The molecule has 0 aromatic carbocycles. The lowest BCUT2D eigenvalue weighted by atomic mass is 14.0. The van der Waals surface area contributed by atoms with Gasteiger partial charge >= 0.3 is 33.5 Å². The summed E-state index contributed by atoms with van der Waals surface area (Å²) < 4.78 is 31.6. The van der Waals surface area contributed by atoms with Gasteiger partial charge in [-0.05, 0) is 0 Å². The minimum Gasteiger partial charge on any atom is -0.412 e. The largest absolute Gasteiger partial charge is 0.412 e. The quantitative estimate of drug-likeness (QED) is 0.277. The summed E-state index contributed by atoms with van der Waals surface area (Å²) in [6.45, 7) is 0. The second-order valence-electron chi connectivity index (χ2n) is 0.448. The summed E-state index contributed by atoms with van der Waals surface area (Å²) in [7, 11) is -4.67. The van der Waals surface area contributed by atoms with Crippen molar-refractivity contribution in [3.63, 3.8) is 0 Å². The topological polar surface area (TPSA) is 299 Å². The minimum atomic E-state index is -4.67. The summed E-state index contributed by atoms with van der Waals surface area (Å²) in [6.07, 6.45) is 0. The van der Waals surface area contributed by atoms with E-state index < -0.39 is 10.4 Å². The van der Waals surface area contributed by atoms with E-state index in [2.05, 4.69) is 0 Å². The predicted molar refractivity (Wildman–Crippen MR) is 49.4 cm³/mol. The molecule has 0 saturated heterocycles. The predicted octanol–water partition coefficient (Wildman–Crippen LogP) is -6.36. The van der Waals surface area contributed by atoms with Crippen LogP contribution in [-0.2, 0) is 10.4 Å². The molecule has 0 aliphatic rings. The molecule has 0 fully saturated rings. The fourth-order valence-electron chi connectivity index (χ4n) is 0. The third-order valence-corrected chi connectivity index (χ3v) is 0. The highest BCUT2D eigenvalue weighted by Gasteiger charge is 1.84. The standard InChI is InChI=1S/Mg.H3N.H2O4S.6H2O.2H/c;;1-5(2,3)4;;;;;;;;/h;1H3;(H2,1,2,3,4);6*1H2;;. The summed E-state index contributed by atoms with van der Waals surface area (Å²) in [4.78, 5) is 0. The van der Waals surface area contributed by atoms with Gasteiger partial charge in [0.2, 0.25) is 0 Å². The Balaban J connectivity index is -0.00000000286. The maximum Gasteiger partial charge on any atom is 0.394 e. The maximum absolute atomic E-state index is 8.74. The van der Waals surface area contributed by atoms with Crippen molar-refractivity contribution >= 4 is 33.5 Å². The summed E-state index contributed by atoms with van der Waals surface area (Å²) in [5.41, 5.74) is 0. The van der Waals surface area contributed by atoms with Gasteiger partial charge in [0.1, 0.15) is 0 Å². The van der Waals surface area contributed by atoms with Crippen LogP contribution in [0.1, 0.15) is 0 Å². The van der Waals surface area contributed by atoms with E-state index in [1.165, 1.54) is 0 Å². The smallest absolute Gasteiger partial charge is 0.394 e. The molecule has 0 heterocycles. The highest BCUT2D eigenvalue weighted by molar-refractivity contribution is 7.79. The monoisotopic (exact) mass is 249 g/mol. The zero-order valence-corrected chi connectivity index (χ0v) is 6.64. The van der Waals surface area contributed by atoms with Crippen LogP contribution in [-0.4, -0.2) is 73.4 Å². The number of hydrogen-bond donors (Lipinski definition) is 3. The first kappa shape index (κ1) is 107. The highest BCUT2D eigenvalue weighted by Crippen LogP contribution is 1.59. The molecule has 92 valence electrons. The van der Waals surface area contributed by atoms with Crippen LogP contribution >= 0.6 is 0 Å². The molecular weight excluding hydrogens is 230 g/mol. The Morgan fingerprint density at radius 3 is 0.692 bits per heavy atom. The van der Waals surface area contributed by atoms with Gasteiger partial charge in [0.05, 0.1) is 0 Å². The molecule has 11 nitrogen and oxygen atoms in total. The van der Waals surface area contributed by atoms with Gasteiger partial charge < -0.3 is 39.0 Å². The van der Waals surface area contributed by atoms with Gasteiger partial charge in [-0.2, -0.15) is 8.42 Å². The third kappa shape index (κ3) is 10400. The van der Waals surface area contributed by atoms with Crippen molar-refractivity contribution in [3.8, 4) is 0 Å². The lowest BCUT2D eigenvalue weighted by Gasteiger charge is -1.68. The number of hydrogen-bond acceptors (Lipinski definition) is 3. The Morgan fingerprint density at radius 1 is 0.692 bits per heavy atom. The van der Waals surface area contributed by atoms with Crippen LogP contribution in [0.5, 0.6) is 0 Å². The van der Waals surface area contributed by atoms with Crippen LogP contribution in [0.4, 0.5) is 0 Å². The van der Waals surface area contributed by atoms with Gasteiger partial charge in [0.25, 0.3) is 0 Å². The third-order valence-electron chi connectivity index (χ3n) is 0. The Hall–Kier alpha value is 0.356. The van der Waals surface area contributed by atoms with Gasteiger partial charge in [-0.15, -0.1) is 0 Å². The van der Waals surface area contributed by atoms with Crippen molar-refractivity contribution in [2.24, 2.45) is 0 Å². The lowest BCUT2D eigenvalue weighted by molar-refractivity contribution is 0.381. The highest BCUT2D eigenvalue weighted by atomic mass is 32.3. The molecule has 0 rings (SSSR count). The van der Waals surface area contributed by atoms with Crippen LogP contribution in [0, 0.1) is 0 Å². The second kappa shape index (κ2) is 39.4. The minimum absolute atomic E-state index is 0. The fraction of sp³-hybridized carbons (Fsp3) is 0. The summed E-state index contributed by atoms with van der Waals surface area (Å²) in [5.74, 6) is 0. The van der Waals surface area contributed by atoms with E-state index in [0.29, 0.717) is 0 Å². The van der Waals surface area contributed by atoms with E-state index >= 15 is 0 Å². The van der Waals surface area contributed by atoms with Crippen molar-refractivity contribution < 1.29 is 50.4 Å². The molecule has 0 saturated carbocycles. The fourth-order valence-corrected chi connectivity index (χ4v) is 0. The van der Waals surface area contributed by atoms with Crippen molar-refractivity contribution in [2.45, 2.75) is 0 Å². The molecule has 17 N–H and O–H groups in total. The molecule has 0 aliphatic heterocycles. The summed E-state index contributed by atoms with van der Waals surface area (Å²) >= 11 is 0. The maximum atomic E-state index is 8.74. The molecule has 0 aliphatic carbocycles. The van der Waals surface area contributed by atoms with E-state index in [-0.39, 0.29) is 62.1 Å². The van der Waals surface area contributed by atoms with Gasteiger partial charge in [-0.3, -0.25) is 9.11 Å². The average molecular weight is 250 g/mol. The summed E-state index contributed by atoms with van der Waals surface area (Å²) in [6, 6.07) is 0. The molecular formula is H19MgNO10S. The molecule has 0 radical (unpaired) electrons. The molecule has 0 bridgehead atoms. The van der Waals surface area contributed by atoms with Crippen LogP contribution in [0.15, 0.2) is 0 Å². The van der Waals surface area contributed by atoms with Crippen LogP contribution < -0.4 is 6.15 Å². The lowest BCUT2D eigenvalue weighted by Crippen LogP contribution is -1.89. The molecule has 0 aromatic rings. The first-order valence-corrected chi connectivity index (χ1v) is 2.10. The van der Waals surface area contributed by atoms with Crippen molar-refractivity contribution in [3.05, 3.63) is 0 Å². The van der Waals surface area contributed by atoms with Crippen molar-refractivity contribution in [2.75, 3.05) is 0 Å². The Morgan fingerprint density at radius 2 is 0.692 bits per heavy atom. The van der Waals surface area contributed by atoms with Crippen molar-refractivity contribution in [1.82, 2.24) is 6.15 Å². The Labute approximate surface area is 90.3 Å². The molecule has 0 spiro atoms. The SMILES string of the molecule is N.O.O.O.O.O.O.O=S(=O)(O)O.[MgH2]. The zero-order chi connectivity index (χ0) is 4.50. The van der Waals surface area contributed by atoms with Gasteiger partial charge in [0, 0.05) is 0 Å². The van der Waals surface area contributed by atoms with Crippen LogP contribution in [0.2, 0.25) is 0 Å². The van der Waals surface area contributed by atoms with E-state index in [4.69, 9.17) is 17.5 Å². The van der Waals surface area contributed by atoms with Crippen LogP contribution in [0.3, 0.4) is 0 Å². The van der Waals surface area contributed by atoms with E-state index in [0.717, 1.165) is 0 Å². The Kier molecular flexibility index (Phi) is 326. The van der Waals surface area contributed by atoms with Crippen LogP contribution in [0.25, 0.3) is 0 Å². The van der Waals surface area contributed by atoms with E-state index in [1.807, 2.05) is 0 Å². The number of rotatable bonds is 0. The molecule has 0 aromatic heterocycles. The van der Waals surface area contributed by atoms with E-state index in [9.17, 15) is 0 Å². The zero-order valence-electron chi connectivity index (χ0n) is 5.83. The Bertz CT molecular complexity index is 98.1. The van der Waals surface area contributed by atoms with Gasteiger partial charge in [0.15, 0.2) is 0 Å². The second-order valence-corrected chi connectivity index (χ2v) is 1.34. The van der Waals surface area contributed by atoms with Gasteiger partial charge in [-0.25, -0.2) is 0 Å². The van der Waals surface area contributed by atoms with Gasteiger partial charge in [-0.1, -0.05) is 0 Å². The normalized spacial score (nSPS) is 4.46. The summed E-state index contributed by atoms with van der Waals surface area (Å²) in [5, 5.41) is 0. The first-order chi connectivity index (χ1) is 2.00. The molecule has 0 unspecified atom stereocenters. The van der Waals surface area contributed by atoms with Crippen molar-refractivity contribution in [1.29, 1.82) is 0 Å². The molecule has 13 heteroatoms. The average Bonchev–Trinajstić information content (AvgIpc) is 0.722. The molecule has 0 atom stereocenters. The van der Waals surface area contributed by atoms with E-state index in [1.54, 1.807) is 0 Å². The first-order valence-electron chi connectivity index (χ1n) is 0.698. The molecule has 0 amide bonds. The molecule has 13 heavy (non-hydrogen) atoms.